The van der Waals surface area contributed by atoms with Crippen LogP contribution in [0.2, 0.25) is 0 Å². The average molecular weight is 328 g/mol. The lowest BCUT2D eigenvalue weighted by Gasteiger charge is -2.13. The molecule has 114 valence electrons. The summed E-state index contributed by atoms with van der Waals surface area (Å²) in [6, 6.07) is 9.01. The molecule has 1 heterocycles. The van der Waals surface area contributed by atoms with Crippen molar-refractivity contribution in [2.75, 3.05) is 0 Å². The fourth-order valence-electron chi connectivity index (χ4n) is 1.95. The van der Waals surface area contributed by atoms with E-state index in [0.717, 1.165) is 10.4 Å². The molecule has 21 heavy (non-hydrogen) atoms. The summed E-state index contributed by atoms with van der Waals surface area (Å²) in [5, 5.41) is 0. The molecule has 0 bridgehead atoms. The number of benzene rings is 1. The van der Waals surface area contributed by atoms with E-state index in [1.165, 1.54) is 23.5 Å². The van der Waals surface area contributed by atoms with E-state index < -0.39 is 10.0 Å². The first-order valence-corrected chi connectivity index (χ1v) is 8.76. The van der Waals surface area contributed by atoms with E-state index in [2.05, 4.69) is 4.72 Å². The zero-order valence-electron chi connectivity index (χ0n) is 11.5. The van der Waals surface area contributed by atoms with Crippen molar-refractivity contribution in [3.05, 3.63) is 52.7 Å². The van der Waals surface area contributed by atoms with E-state index in [1.807, 2.05) is 0 Å². The third-order valence-corrected chi connectivity index (χ3v) is 6.10. The predicted octanol–water partition coefficient (Wildman–Crippen LogP) is 2.26. The first-order valence-electron chi connectivity index (χ1n) is 6.46. The molecule has 0 saturated carbocycles. The van der Waals surface area contributed by atoms with Crippen LogP contribution in [-0.4, -0.2) is 14.5 Å². The molecule has 4 nitrogen and oxygen atoms in total. The minimum absolute atomic E-state index is 0.258. The maximum absolute atomic E-state index is 12.8. The summed E-state index contributed by atoms with van der Waals surface area (Å²) in [4.78, 5) is 0.821. The molecule has 1 aromatic heterocycles. The van der Waals surface area contributed by atoms with Crippen molar-refractivity contribution in [2.24, 2.45) is 5.73 Å². The van der Waals surface area contributed by atoms with Crippen molar-refractivity contribution in [1.82, 2.24) is 4.72 Å². The fourth-order valence-corrected chi connectivity index (χ4v) is 4.45. The molecular formula is C14H17FN2O2S2. The normalized spacial score (nSPS) is 13.3. The van der Waals surface area contributed by atoms with Crippen LogP contribution in [0.3, 0.4) is 0 Å². The summed E-state index contributed by atoms with van der Waals surface area (Å²) >= 11 is 1.17. The minimum Gasteiger partial charge on any atom is -0.326 e. The van der Waals surface area contributed by atoms with Gasteiger partial charge in [-0.05, 0) is 43.2 Å². The number of thiophene rings is 1. The van der Waals surface area contributed by atoms with Crippen molar-refractivity contribution >= 4 is 21.4 Å². The van der Waals surface area contributed by atoms with Crippen molar-refractivity contribution in [2.45, 2.75) is 30.1 Å². The number of rotatable bonds is 6. The third kappa shape index (κ3) is 4.34. The topological polar surface area (TPSA) is 72.2 Å². The highest BCUT2D eigenvalue weighted by atomic mass is 32.2. The maximum Gasteiger partial charge on any atom is 0.250 e. The molecule has 0 spiro atoms. The van der Waals surface area contributed by atoms with Gasteiger partial charge in [0.25, 0.3) is 0 Å². The van der Waals surface area contributed by atoms with Crippen LogP contribution in [0.4, 0.5) is 4.39 Å². The van der Waals surface area contributed by atoms with Crippen LogP contribution >= 0.6 is 11.3 Å². The monoisotopic (exact) mass is 328 g/mol. The quantitative estimate of drug-likeness (QED) is 0.854. The number of nitrogens with two attached hydrogens (primary N) is 1. The SMILES string of the molecule is CC(Cc1ccc(F)cc1)NS(=O)(=O)c1ccc(CN)s1. The summed E-state index contributed by atoms with van der Waals surface area (Å²) < 4.78 is 40.1. The fraction of sp³-hybridized carbons (Fsp3) is 0.286. The Balaban J connectivity index is 2.03. The van der Waals surface area contributed by atoms with Gasteiger partial charge in [0, 0.05) is 17.5 Å². The molecule has 2 rings (SSSR count). The van der Waals surface area contributed by atoms with Crippen LogP contribution in [0.5, 0.6) is 0 Å². The van der Waals surface area contributed by atoms with Crippen LogP contribution in [0, 0.1) is 5.82 Å². The molecule has 0 fully saturated rings. The van der Waals surface area contributed by atoms with E-state index in [1.54, 1.807) is 31.2 Å². The molecular weight excluding hydrogens is 311 g/mol. The zero-order chi connectivity index (χ0) is 15.5. The lowest BCUT2D eigenvalue weighted by atomic mass is 10.1. The second-order valence-electron chi connectivity index (χ2n) is 4.78. The Morgan fingerprint density at radius 3 is 2.48 bits per heavy atom. The molecule has 0 aliphatic rings. The number of sulfonamides is 1. The second kappa shape index (κ2) is 6.65. The highest BCUT2D eigenvalue weighted by molar-refractivity contribution is 7.91. The standard InChI is InChI=1S/C14H17FN2O2S2/c1-10(8-11-2-4-12(15)5-3-11)17-21(18,19)14-7-6-13(9-16)20-14/h2-7,10,17H,8-9,16H2,1H3. The molecule has 7 heteroatoms. The van der Waals surface area contributed by atoms with Crippen molar-refractivity contribution < 1.29 is 12.8 Å². The molecule has 3 N–H and O–H groups in total. The van der Waals surface area contributed by atoms with E-state index in [9.17, 15) is 12.8 Å². The van der Waals surface area contributed by atoms with Crippen LogP contribution < -0.4 is 10.5 Å². The molecule has 1 unspecified atom stereocenters. The van der Waals surface area contributed by atoms with Crippen molar-refractivity contribution in [1.29, 1.82) is 0 Å². The largest absolute Gasteiger partial charge is 0.326 e. The summed E-state index contributed by atoms with van der Waals surface area (Å²) in [6.45, 7) is 2.10. The van der Waals surface area contributed by atoms with E-state index in [0.29, 0.717) is 13.0 Å². The molecule has 0 amide bonds. The van der Waals surface area contributed by atoms with Crippen molar-refractivity contribution in [3.8, 4) is 0 Å². The van der Waals surface area contributed by atoms with Gasteiger partial charge in [0.2, 0.25) is 10.0 Å². The Kier molecular flexibility index (Phi) is 5.10. The second-order valence-corrected chi connectivity index (χ2v) is 7.89. The van der Waals surface area contributed by atoms with Gasteiger partial charge >= 0.3 is 0 Å². The van der Waals surface area contributed by atoms with Gasteiger partial charge in [-0.1, -0.05) is 12.1 Å². The number of halogens is 1. The molecule has 0 aliphatic heterocycles. The molecule has 0 saturated heterocycles. The van der Waals surface area contributed by atoms with Gasteiger partial charge < -0.3 is 5.73 Å². The van der Waals surface area contributed by atoms with Crippen LogP contribution in [0.15, 0.2) is 40.6 Å². The lowest BCUT2D eigenvalue weighted by Crippen LogP contribution is -2.33. The first kappa shape index (κ1) is 16.1. The average Bonchev–Trinajstić information content (AvgIpc) is 2.90. The molecule has 2 aromatic rings. The molecule has 1 atom stereocenters. The van der Waals surface area contributed by atoms with Gasteiger partial charge in [-0.15, -0.1) is 11.3 Å². The van der Waals surface area contributed by atoms with Gasteiger partial charge in [-0.3, -0.25) is 0 Å². The van der Waals surface area contributed by atoms with Crippen LogP contribution in [0.25, 0.3) is 0 Å². The minimum atomic E-state index is -3.54. The molecule has 0 aliphatic carbocycles. The Hall–Kier alpha value is -1.28. The van der Waals surface area contributed by atoms with Gasteiger partial charge in [-0.2, -0.15) is 0 Å². The Morgan fingerprint density at radius 1 is 1.24 bits per heavy atom. The van der Waals surface area contributed by atoms with Gasteiger partial charge in [-0.25, -0.2) is 17.5 Å². The molecule has 1 aromatic carbocycles. The van der Waals surface area contributed by atoms with Gasteiger partial charge in [0.15, 0.2) is 0 Å². The summed E-state index contributed by atoms with van der Waals surface area (Å²) in [7, 11) is -3.54. The third-order valence-electron chi connectivity index (χ3n) is 2.91. The maximum atomic E-state index is 12.8. The first-order chi connectivity index (χ1) is 9.90. The summed E-state index contributed by atoms with van der Waals surface area (Å²) in [5.41, 5.74) is 6.36. The van der Waals surface area contributed by atoms with Gasteiger partial charge in [0.05, 0.1) is 0 Å². The number of hydrogen-bond donors (Lipinski definition) is 2. The van der Waals surface area contributed by atoms with E-state index in [-0.39, 0.29) is 16.1 Å². The number of hydrogen-bond acceptors (Lipinski definition) is 4. The Bertz CT molecular complexity index is 696. The van der Waals surface area contributed by atoms with E-state index >= 15 is 0 Å². The highest BCUT2D eigenvalue weighted by Crippen LogP contribution is 2.21. The Morgan fingerprint density at radius 2 is 1.90 bits per heavy atom. The van der Waals surface area contributed by atoms with Crippen LogP contribution in [-0.2, 0) is 23.0 Å². The predicted molar refractivity (Wildman–Crippen MR) is 82.1 cm³/mol. The Labute approximate surface area is 127 Å². The van der Waals surface area contributed by atoms with Crippen LogP contribution in [0.1, 0.15) is 17.4 Å². The smallest absolute Gasteiger partial charge is 0.250 e. The van der Waals surface area contributed by atoms with Gasteiger partial charge in [0.1, 0.15) is 10.0 Å². The zero-order valence-corrected chi connectivity index (χ0v) is 13.2. The van der Waals surface area contributed by atoms with E-state index in [4.69, 9.17) is 5.73 Å². The van der Waals surface area contributed by atoms with Crippen molar-refractivity contribution in [3.63, 3.8) is 0 Å². The number of nitrogens with one attached hydrogen (secondary N) is 1. The molecule has 0 radical (unpaired) electrons. The summed E-state index contributed by atoms with van der Waals surface area (Å²) in [5.74, 6) is -0.306. The summed E-state index contributed by atoms with van der Waals surface area (Å²) in [6.07, 6.45) is 0.495. The lowest BCUT2D eigenvalue weighted by molar-refractivity contribution is 0.561. The highest BCUT2D eigenvalue weighted by Gasteiger charge is 2.19.